The second-order valence-electron chi connectivity index (χ2n) is 6.95. The van der Waals surface area contributed by atoms with E-state index in [0.29, 0.717) is 17.9 Å². The Balaban J connectivity index is 1.46. The smallest absolute Gasteiger partial charge is 0.343 e. The van der Waals surface area contributed by atoms with Crippen molar-refractivity contribution < 1.29 is 14.3 Å². The Morgan fingerprint density at radius 2 is 1.68 bits per heavy atom. The van der Waals surface area contributed by atoms with Crippen LogP contribution in [0.4, 0.5) is 5.95 Å². The molecule has 1 aromatic heterocycles. The molecule has 3 rings (SSSR count). The van der Waals surface area contributed by atoms with Gasteiger partial charge in [-0.25, -0.2) is 14.8 Å². The van der Waals surface area contributed by atoms with Crippen LogP contribution in [0.1, 0.15) is 54.9 Å². The van der Waals surface area contributed by atoms with Crippen molar-refractivity contribution in [3.63, 3.8) is 0 Å². The summed E-state index contributed by atoms with van der Waals surface area (Å²) in [4.78, 5) is 20.5. The molecule has 3 aromatic rings. The van der Waals surface area contributed by atoms with Crippen LogP contribution in [0.25, 0.3) is 0 Å². The van der Waals surface area contributed by atoms with Crippen LogP contribution < -0.4 is 9.47 Å². The average molecular weight is 418 g/mol. The summed E-state index contributed by atoms with van der Waals surface area (Å²) in [6, 6.07) is 14.0. The third kappa shape index (κ3) is 7.62. The van der Waals surface area contributed by atoms with Gasteiger partial charge in [-0.15, -0.1) is 5.10 Å². The van der Waals surface area contributed by atoms with Gasteiger partial charge < -0.3 is 9.47 Å². The van der Waals surface area contributed by atoms with Crippen molar-refractivity contribution in [3.8, 4) is 11.5 Å². The minimum Gasteiger partial charge on any atom is -0.494 e. The Kier molecular flexibility index (Phi) is 8.67. The second kappa shape index (κ2) is 12.2. The molecule has 0 saturated carbocycles. The van der Waals surface area contributed by atoms with Crippen LogP contribution in [0.3, 0.4) is 0 Å². The number of unbranched alkanes of at least 4 members (excludes halogenated alkanes) is 4. The zero-order valence-corrected chi connectivity index (χ0v) is 17.6. The van der Waals surface area contributed by atoms with Crippen LogP contribution in [-0.4, -0.2) is 34.0 Å². The number of aliphatic imine (C=N–C) groups is 1. The Hall–Kier alpha value is -3.61. The van der Waals surface area contributed by atoms with E-state index in [-0.39, 0.29) is 5.95 Å². The number of ether oxygens (including phenoxy) is 2. The van der Waals surface area contributed by atoms with E-state index in [1.807, 2.05) is 0 Å². The van der Waals surface area contributed by atoms with Crippen LogP contribution in [0.2, 0.25) is 0 Å². The van der Waals surface area contributed by atoms with Gasteiger partial charge in [0.2, 0.25) is 0 Å². The molecule has 0 aliphatic heterocycles. The summed E-state index contributed by atoms with van der Waals surface area (Å²) in [6.45, 7) is 2.89. The summed E-state index contributed by atoms with van der Waals surface area (Å²) in [7, 11) is 0. The molecular weight excluding hydrogens is 392 g/mol. The molecule has 0 saturated heterocycles. The summed E-state index contributed by atoms with van der Waals surface area (Å²) >= 11 is 0. The van der Waals surface area contributed by atoms with Gasteiger partial charge in [0.05, 0.1) is 24.6 Å². The van der Waals surface area contributed by atoms with Gasteiger partial charge in [-0.2, -0.15) is 5.10 Å². The molecule has 7 nitrogen and oxygen atoms in total. The second-order valence-corrected chi connectivity index (χ2v) is 6.95. The molecule has 2 aromatic carbocycles. The standard InChI is InChI=1S/C24H26N4O3/c1-2-3-4-5-6-17-30-21-13-9-20(10-14-21)23(29)31-22-11-7-19(8-12-22)18-26-24-25-15-16-27-28-24/h7-16,18H,2-6,17H2,1H3/b26-18+. The zero-order chi connectivity index (χ0) is 21.7. The lowest BCUT2D eigenvalue weighted by molar-refractivity contribution is 0.0734. The predicted molar refractivity (Wildman–Crippen MR) is 119 cm³/mol. The lowest BCUT2D eigenvalue weighted by Gasteiger charge is -2.08. The first-order valence-corrected chi connectivity index (χ1v) is 10.5. The van der Waals surface area contributed by atoms with Crippen molar-refractivity contribution in [1.29, 1.82) is 0 Å². The fourth-order valence-electron chi connectivity index (χ4n) is 2.80. The molecule has 0 atom stereocenters. The lowest BCUT2D eigenvalue weighted by Crippen LogP contribution is -2.08. The van der Waals surface area contributed by atoms with Gasteiger partial charge in [-0.05, 0) is 60.5 Å². The SMILES string of the molecule is CCCCCCCOc1ccc(C(=O)Oc2ccc(/C=N/c3nccnn3)cc2)cc1. The van der Waals surface area contributed by atoms with Crippen molar-refractivity contribution in [2.45, 2.75) is 39.0 Å². The summed E-state index contributed by atoms with van der Waals surface area (Å²) in [6.07, 6.45) is 10.6. The van der Waals surface area contributed by atoms with Gasteiger partial charge in [0.25, 0.3) is 5.95 Å². The molecular formula is C24H26N4O3. The Bertz CT molecular complexity index is 958. The van der Waals surface area contributed by atoms with Crippen molar-refractivity contribution >= 4 is 18.1 Å². The summed E-state index contributed by atoms with van der Waals surface area (Å²) in [5, 5.41) is 7.50. The lowest BCUT2D eigenvalue weighted by atomic mass is 10.2. The van der Waals surface area contributed by atoms with Crippen molar-refractivity contribution in [1.82, 2.24) is 15.2 Å². The van der Waals surface area contributed by atoms with Crippen molar-refractivity contribution in [2.75, 3.05) is 6.61 Å². The molecule has 7 heteroatoms. The van der Waals surface area contributed by atoms with Gasteiger partial charge >= 0.3 is 5.97 Å². The fourth-order valence-corrected chi connectivity index (χ4v) is 2.80. The fraction of sp³-hybridized carbons (Fsp3) is 0.292. The number of carbonyl (C=O) groups excluding carboxylic acids is 1. The van der Waals surface area contributed by atoms with Gasteiger partial charge in [0.1, 0.15) is 11.5 Å². The van der Waals surface area contributed by atoms with Gasteiger partial charge in [-0.1, -0.05) is 32.6 Å². The summed E-state index contributed by atoms with van der Waals surface area (Å²) < 4.78 is 11.2. The van der Waals surface area contributed by atoms with E-state index in [2.05, 4.69) is 27.1 Å². The highest BCUT2D eigenvalue weighted by atomic mass is 16.5. The average Bonchev–Trinajstić information content (AvgIpc) is 2.82. The molecule has 0 amide bonds. The topological polar surface area (TPSA) is 86.6 Å². The molecule has 0 radical (unpaired) electrons. The van der Waals surface area contributed by atoms with E-state index in [1.54, 1.807) is 54.7 Å². The number of hydrogen-bond donors (Lipinski definition) is 0. The largest absolute Gasteiger partial charge is 0.494 e. The number of benzene rings is 2. The van der Waals surface area contributed by atoms with E-state index >= 15 is 0 Å². The number of esters is 1. The minimum absolute atomic E-state index is 0.280. The molecule has 31 heavy (non-hydrogen) atoms. The summed E-state index contributed by atoms with van der Waals surface area (Å²) in [5.74, 6) is 1.07. The Morgan fingerprint density at radius 1 is 0.935 bits per heavy atom. The highest BCUT2D eigenvalue weighted by Crippen LogP contribution is 2.17. The molecule has 1 heterocycles. The van der Waals surface area contributed by atoms with E-state index in [9.17, 15) is 4.79 Å². The maximum Gasteiger partial charge on any atom is 0.343 e. The van der Waals surface area contributed by atoms with E-state index < -0.39 is 5.97 Å². The number of carbonyl (C=O) groups is 1. The molecule has 0 bridgehead atoms. The highest BCUT2D eigenvalue weighted by molar-refractivity contribution is 5.91. The number of nitrogens with zero attached hydrogens (tertiary/aromatic N) is 4. The first kappa shape index (κ1) is 22.1. The first-order chi connectivity index (χ1) is 15.2. The number of hydrogen-bond acceptors (Lipinski definition) is 7. The van der Waals surface area contributed by atoms with Crippen molar-refractivity contribution in [2.24, 2.45) is 4.99 Å². The molecule has 0 N–H and O–H groups in total. The maximum absolute atomic E-state index is 12.4. The number of aromatic nitrogens is 3. The molecule has 0 unspecified atom stereocenters. The van der Waals surface area contributed by atoms with Gasteiger partial charge in [0, 0.05) is 6.21 Å². The van der Waals surface area contributed by atoms with Crippen LogP contribution in [0.5, 0.6) is 11.5 Å². The third-order valence-electron chi connectivity index (χ3n) is 4.50. The molecule has 0 aliphatic carbocycles. The first-order valence-electron chi connectivity index (χ1n) is 10.5. The zero-order valence-electron chi connectivity index (χ0n) is 17.6. The molecule has 160 valence electrons. The molecule has 0 fully saturated rings. The molecule has 0 aliphatic rings. The quantitative estimate of drug-likeness (QED) is 0.184. The third-order valence-corrected chi connectivity index (χ3v) is 4.50. The van der Waals surface area contributed by atoms with Crippen LogP contribution >= 0.6 is 0 Å². The summed E-state index contributed by atoms with van der Waals surface area (Å²) in [5.41, 5.74) is 1.29. The van der Waals surface area contributed by atoms with E-state index in [4.69, 9.17) is 9.47 Å². The van der Waals surface area contributed by atoms with Crippen LogP contribution in [-0.2, 0) is 0 Å². The molecule has 0 spiro atoms. The Morgan fingerprint density at radius 3 is 2.39 bits per heavy atom. The van der Waals surface area contributed by atoms with Gasteiger partial charge in [-0.3, -0.25) is 0 Å². The predicted octanol–water partition coefficient (Wildman–Crippen LogP) is 5.19. The maximum atomic E-state index is 12.4. The van der Waals surface area contributed by atoms with Crippen LogP contribution in [0.15, 0.2) is 65.9 Å². The number of rotatable bonds is 11. The van der Waals surface area contributed by atoms with Crippen molar-refractivity contribution in [3.05, 3.63) is 72.1 Å². The Labute approximate surface area is 182 Å². The highest BCUT2D eigenvalue weighted by Gasteiger charge is 2.09. The van der Waals surface area contributed by atoms with Gasteiger partial charge in [0.15, 0.2) is 0 Å². The normalized spacial score (nSPS) is 10.9. The van der Waals surface area contributed by atoms with E-state index in [1.165, 1.54) is 38.1 Å². The van der Waals surface area contributed by atoms with Crippen LogP contribution in [0, 0.1) is 0 Å². The van der Waals surface area contributed by atoms with E-state index in [0.717, 1.165) is 17.7 Å². The monoisotopic (exact) mass is 418 g/mol. The minimum atomic E-state index is -0.420.